The van der Waals surface area contributed by atoms with Gasteiger partial charge in [-0.1, -0.05) is 5.16 Å². The first-order valence-electron chi connectivity index (χ1n) is 2.93. The van der Waals surface area contributed by atoms with Gasteiger partial charge in [0, 0.05) is 6.07 Å². The average molecular weight is 156 g/mol. The number of carbonyl (C=O) groups excluding carboxylic acids is 1. The van der Waals surface area contributed by atoms with Crippen LogP contribution in [0, 0.1) is 6.92 Å². The molecular weight excluding hydrogens is 148 g/mol. The predicted molar refractivity (Wildman–Crippen MR) is 37.6 cm³/mol. The maximum atomic E-state index is 10.2. The lowest BCUT2D eigenvalue weighted by molar-refractivity contribution is 0.250. The fourth-order valence-electron chi connectivity index (χ4n) is 0.551. The average Bonchev–Trinajstić information content (AvgIpc) is 2.31. The normalized spacial score (nSPS) is 9.18. The molecule has 0 aliphatic rings. The molecule has 6 nitrogen and oxygen atoms in total. The molecular formula is C5H8N4O2. The number of carbonyl (C=O) groups is 1. The van der Waals surface area contributed by atoms with Gasteiger partial charge < -0.3 is 10.3 Å². The lowest BCUT2D eigenvalue weighted by Gasteiger charge is -1.98. The second-order valence-corrected chi connectivity index (χ2v) is 1.94. The Kier molecular flexibility index (Phi) is 1.95. The molecule has 0 spiro atoms. The van der Waals surface area contributed by atoms with E-state index >= 15 is 0 Å². The van der Waals surface area contributed by atoms with Crippen LogP contribution in [0.5, 0.6) is 0 Å². The van der Waals surface area contributed by atoms with Crippen LogP contribution >= 0.6 is 0 Å². The number of anilines is 1. The molecule has 0 radical (unpaired) electrons. The molecule has 1 heterocycles. The minimum Gasteiger partial charge on any atom is -0.359 e. The number of hydrogen-bond acceptors (Lipinski definition) is 4. The summed E-state index contributed by atoms with van der Waals surface area (Å²) in [5.41, 5.74) is 9.35. The quantitative estimate of drug-likeness (QED) is 0.524. The largest absolute Gasteiger partial charge is 0.359 e. The van der Waals surface area contributed by atoms with E-state index < -0.39 is 6.03 Å². The van der Waals surface area contributed by atoms with E-state index in [1.807, 2.05) is 0 Å². The highest BCUT2D eigenvalue weighted by Gasteiger charge is 1.98. The van der Waals surface area contributed by atoms with Crippen LogP contribution in [0.15, 0.2) is 10.6 Å². The number of amides is 2. The molecule has 1 aromatic rings. The third-order valence-electron chi connectivity index (χ3n) is 0.942. The van der Waals surface area contributed by atoms with Crippen molar-refractivity contribution < 1.29 is 9.32 Å². The van der Waals surface area contributed by atoms with Crippen LogP contribution < -0.4 is 16.6 Å². The number of nitrogens with zero attached hydrogens (tertiary/aromatic N) is 1. The van der Waals surface area contributed by atoms with Gasteiger partial charge in [0.15, 0.2) is 5.82 Å². The third-order valence-corrected chi connectivity index (χ3v) is 0.942. The minimum atomic E-state index is -0.675. The Morgan fingerprint density at radius 3 is 3.00 bits per heavy atom. The first-order valence-corrected chi connectivity index (χ1v) is 2.93. The molecule has 0 aliphatic carbocycles. The molecule has 0 unspecified atom stereocenters. The summed E-state index contributed by atoms with van der Waals surface area (Å²) < 4.78 is 4.69. The second-order valence-electron chi connectivity index (χ2n) is 1.94. The summed E-state index contributed by atoms with van der Waals surface area (Å²) in [4.78, 5) is 10.2. The molecule has 0 saturated heterocycles. The van der Waals surface area contributed by atoms with Crippen molar-refractivity contribution in [3.8, 4) is 0 Å². The van der Waals surface area contributed by atoms with Crippen LogP contribution in [0.3, 0.4) is 0 Å². The van der Waals surface area contributed by atoms with Crippen LogP contribution in [0.4, 0.5) is 10.6 Å². The number of urea groups is 1. The number of rotatable bonds is 2. The fraction of sp³-hybridized carbons (Fsp3) is 0.200. The van der Waals surface area contributed by atoms with Crippen molar-refractivity contribution in [1.82, 2.24) is 10.6 Å². The Labute approximate surface area is 62.7 Å². The molecule has 1 aromatic heterocycles. The molecule has 0 saturated carbocycles. The van der Waals surface area contributed by atoms with Gasteiger partial charge in [-0.05, 0) is 6.92 Å². The standard InChI is InChI=1S/C5H8N4O2/c1-3-2-4(9-11-3)7-8-5(6)10/h2H,1H3,(H,7,9)(H3,6,8,10). The van der Waals surface area contributed by atoms with Gasteiger partial charge in [-0.25, -0.2) is 4.79 Å². The second kappa shape index (κ2) is 2.91. The van der Waals surface area contributed by atoms with Crippen molar-refractivity contribution in [3.63, 3.8) is 0 Å². The van der Waals surface area contributed by atoms with Crippen molar-refractivity contribution in [3.05, 3.63) is 11.8 Å². The summed E-state index contributed by atoms with van der Waals surface area (Å²) in [6, 6.07) is 0.946. The molecule has 6 heteroatoms. The summed E-state index contributed by atoms with van der Waals surface area (Å²) >= 11 is 0. The zero-order chi connectivity index (χ0) is 8.27. The Hall–Kier alpha value is -1.72. The van der Waals surface area contributed by atoms with Crippen LogP contribution in [0.1, 0.15) is 5.76 Å². The van der Waals surface area contributed by atoms with E-state index in [0.29, 0.717) is 11.6 Å². The zero-order valence-electron chi connectivity index (χ0n) is 5.92. The van der Waals surface area contributed by atoms with E-state index in [9.17, 15) is 4.79 Å². The van der Waals surface area contributed by atoms with Crippen LogP contribution in [0.2, 0.25) is 0 Å². The highest BCUT2D eigenvalue weighted by molar-refractivity contribution is 5.72. The Bertz CT molecular complexity index is 257. The van der Waals surface area contributed by atoms with E-state index in [1.54, 1.807) is 13.0 Å². The van der Waals surface area contributed by atoms with Gasteiger partial charge in [-0.2, -0.15) is 0 Å². The Balaban J connectivity index is 2.45. The molecule has 1 rings (SSSR count). The first-order chi connectivity index (χ1) is 5.18. The SMILES string of the molecule is Cc1cc(NNC(N)=O)no1. The molecule has 0 aromatic carbocycles. The van der Waals surface area contributed by atoms with E-state index in [0.717, 1.165) is 0 Å². The molecule has 0 fully saturated rings. The summed E-state index contributed by atoms with van der Waals surface area (Å²) in [6.45, 7) is 1.74. The Morgan fingerprint density at radius 1 is 1.82 bits per heavy atom. The predicted octanol–water partition coefficient (Wildman–Crippen LogP) is -0.0218. The van der Waals surface area contributed by atoms with Gasteiger partial charge in [-0.3, -0.25) is 10.9 Å². The summed E-state index contributed by atoms with van der Waals surface area (Å²) in [6.07, 6.45) is 0. The highest BCUT2D eigenvalue weighted by Crippen LogP contribution is 2.04. The third kappa shape index (κ3) is 2.17. The molecule has 0 atom stereocenters. The van der Waals surface area contributed by atoms with Gasteiger partial charge >= 0.3 is 6.03 Å². The molecule has 60 valence electrons. The van der Waals surface area contributed by atoms with Crippen molar-refractivity contribution >= 4 is 11.8 Å². The molecule has 4 N–H and O–H groups in total. The number of nitrogens with one attached hydrogen (secondary N) is 2. The molecule has 0 aliphatic heterocycles. The van der Waals surface area contributed by atoms with Crippen molar-refractivity contribution in [2.75, 3.05) is 5.43 Å². The van der Waals surface area contributed by atoms with E-state index in [1.165, 1.54) is 0 Å². The van der Waals surface area contributed by atoms with Gasteiger partial charge in [0.1, 0.15) is 5.76 Å². The number of hydrazine groups is 1. The lowest BCUT2D eigenvalue weighted by Crippen LogP contribution is -2.34. The molecule has 2 amide bonds. The van der Waals surface area contributed by atoms with E-state index in [4.69, 9.17) is 10.3 Å². The maximum absolute atomic E-state index is 10.2. The van der Waals surface area contributed by atoms with Crippen LogP contribution in [-0.2, 0) is 0 Å². The van der Waals surface area contributed by atoms with Crippen LogP contribution in [-0.4, -0.2) is 11.2 Å². The van der Waals surface area contributed by atoms with Crippen LogP contribution in [0.25, 0.3) is 0 Å². The van der Waals surface area contributed by atoms with Gasteiger partial charge in [0.25, 0.3) is 0 Å². The lowest BCUT2D eigenvalue weighted by atomic mass is 10.5. The summed E-state index contributed by atoms with van der Waals surface area (Å²) in [7, 11) is 0. The summed E-state index contributed by atoms with van der Waals surface area (Å²) in [5, 5.41) is 3.53. The summed E-state index contributed by atoms with van der Waals surface area (Å²) in [5.74, 6) is 1.07. The van der Waals surface area contributed by atoms with E-state index in [-0.39, 0.29) is 0 Å². The van der Waals surface area contributed by atoms with Crippen molar-refractivity contribution in [1.29, 1.82) is 0 Å². The fourth-order valence-corrected chi connectivity index (χ4v) is 0.551. The van der Waals surface area contributed by atoms with Gasteiger partial charge in [0.2, 0.25) is 0 Å². The molecule has 0 bridgehead atoms. The maximum Gasteiger partial charge on any atom is 0.330 e. The van der Waals surface area contributed by atoms with Gasteiger partial charge in [0.05, 0.1) is 0 Å². The first kappa shape index (κ1) is 7.39. The number of aromatic nitrogens is 1. The topological polar surface area (TPSA) is 93.2 Å². The molecule has 11 heavy (non-hydrogen) atoms. The zero-order valence-corrected chi connectivity index (χ0v) is 5.92. The van der Waals surface area contributed by atoms with Gasteiger partial charge in [-0.15, -0.1) is 0 Å². The van der Waals surface area contributed by atoms with E-state index in [2.05, 4.69) is 16.0 Å². The Morgan fingerprint density at radius 2 is 2.55 bits per heavy atom. The monoisotopic (exact) mass is 156 g/mol. The number of primary amides is 1. The highest BCUT2D eigenvalue weighted by atomic mass is 16.5. The van der Waals surface area contributed by atoms with Crippen molar-refractivity contribution in [2.45, 2.75) is 6.92 Å². The van der Waals surface area contributed by atoms with Crippen molar-refractivity contribution in [2.24, 2.45) is 5.73 Å². The number of aryl methyl sites for hydroxylation is 1. The number of hydrogen-bond donors (Lipinski definition) is 3. The number of nitrogens with two attached hydrogens (primary N) is 1. The minimum absolute atomic E-state index is 0.418. The smallest absolute Gasteiger partial charge is 0.330 e.